The van der Waals surface area contributed by atoms with Crippen molar-refractivity contribution in [1.82, 2.24) is 15.1 Å². The highest BCUT2D eigenvalue weighted by Gasteiger charge is 2.22. The molecular formula is C10H18N4. The Labute approximate surface area is 84.5 Å². The van der Waals surface area contributed by atoms with Gasteiger partial charge in [0.25, 0.3) is 0 Å². The maximum Gasteiger partial charge on any atom is 0.0540 e. The molecule has 4 nitrogen and oxygen atoms in total. The molecule has 78 valence electrons. The summed E-state index contributed by atoms with van der Waals surface area (Å²) in [6, 6.07) is 0.469. The normalized spacial score (nSPS) is 20.9. The number of nitrogens with zero attached hydrogens (tertiary/aromatic N) is 2. The quantitative estimate of drug-likeness (QED) is 0.730. The molecule has 0 aromatic carbocycles. The summed E-state index contributed by atoms with van der Waals surface area (Å²) in [5.74, 6) is 0. The average molecular weight is 194 g/mol. The molecule has 0 spiro atoms. The van der Waals surface area contributed by atoms with Gasteiger partial charge in [-0.3, -0.25) is 4.68 Å². The number of nitrogens with one attached hydrogen (secondary N) is 1. The van der Waals surface area contributed by atoms with Gasteiger partial charge in [-0.25, -0.2) is 0 Å². The maximum atomic E-state index is 5.49. The van der Waals surface area contributed by atoms with E-state index in [2.05, 4.69) is 10.4 Å². The number of hydrogen-bond acceptors (Lipinski definition) is 3. The van der Waals surface area contributed by atoms with Crippen LogP contribution in [0.2, 0.25) is 0 Å². The van der Waals surface area contributed by atoms with Gasteiger partial charge in [0, 0.05) is 37.4 Å². The summed E-state index contributed by atoms with van der Waals surface area (Å²) < 4.78 is 1.99. The first-order valence-corrected chi connectivity index (χ1v) is 5.27. The van der Waals surface area contributed by atoms with Crippen molar-refractivity contribution in [3.05, 3.63) is 17.5 Å². The molecule has 1 unspecified atom stereocenters. The van der Waals surface area contributed by atoms with Crippen LogP contribution < -0.4 is 11.1 Å². The summed E-state index contributed by atoms with van der Waals surface area (Å²) in [7, 11) is 2.02. The number of rotatable bonds is 3. The van der Waals surface area contributed by atoms with Crippen LogP contribution in [0.5, 0.6) is 0 Å². The Morgan fingerprint density at radius 1 is 1.71 bits per heavy atom. The van der Waals surface area contributed by atoms with Crippen molar-refractivity contribution in [2.75, 3.05) is 13.1 Å². The number of aromatic nitrogens is 2. The molecule has 1 aromatic rings. The first-order valence-electron chi connectivity index (χ1n) is 5.27. The second-order valence-corrected chi connectivity index (χ2v) is 3.86. The molecule has 0 aliphatic heterocycles. The van der Waals surface area contributed by atoms with E-state index in [0.29, 0.717) is 12.6 Å². The first-order chi connectivity index (χ1) is 6.83. The van der Waals surface area contributed by atoms with Gasteiger partial charge < -0.3 is 11.1 Å². The van der Waals surface area contributed by atoms with E-state index >= 15 is 0 Å². The first kappa shape index (κ1) is 9.68. The third-order valence-corrected chi connectivity index (χ3v) is 2.91. The number of aryl methyl sites for hydroxylation is 1. The zero-order chi connectivity index (χ0) is 9.97. The molecule has 0 saturated heterocycles. The fourth-order valence-corrected chi connectivity index (χ4v) is 2.18. The zero-order valence-corrected chi connectivity index (χ0v) is 8.66. The molecule has 4 heteroatoms. The minimum atomic E-state index is 0.469. The van der Waals surface area contributed by atoms with Crippen molar-refractivity contribution in [3.63, 3.8) is 0 Å². The summed E-state index contributed by atoms with van der Waals surface area (Å²) in [5, 5.41) is 7.76. The molecule has 14 heavy (non-hydrogen) atoms. The van der Waals surface area contributed by atoms with Gasteiger partial charge in [-0.2, -0.15) is 5.10 Å². The zero-order valence-electron chi connectivity index (χ0n) is 8.66. The molecule has 1 aromatic heterocycles. The number of fused-ring (bicyclic) bond motifs is 1. The summed E-state index contributed by atoms with van der Waals surface area (Å²) in [6.45, 7) is 1.59. The fraction of sp³-hybridized carbons (Fsp3) is 0.700. The van der Waals surface area contributed by atoms with Gasteiger partial charge >= 0.3 is 0 Å². The van der Waals surface area contributed by atoms with Crippen LogP contribution in [0.15, 0.2) is 6.20 Å². The minimum absolute atomic E-state index is 0.469. The molecular weight excluding hydrogens is 176 g/mol. The molecule has 1 heterocycles. The molecule has 1 aliphatic carbocycles. The third kappa shape index (κ3) is 1.67. The monoisotopic (exact) mass is 194 g/mol. The van der Waals surface area contributed by atoms with E-state index in [0.717, 1.165) is 13.0 Å². The van der Waals surface area contributed by atoms with Crippen LogP contribution in [0.1, 0.15) is 30.1 Å². The Morgan fingerprint density at radius 3 is 3.36 bits per heavy atom. The lowest BCUT2D eigenvalue weighted by Gasteiger charge is -2.23. The van der Waals surface area contributed by atoms with Gasteiger partial charge in [0.1, 0.15) is 0 Å². The van der Waals surface area contributed by atoms with E-state index in [1.165, 1.54) is 24.1 Å². The number of nitrogens with two attached hydrogens (primary N) is 1. The summed E-state index contributed by atoms with van der Waals surface area (Å²) >= 11 is 0. The lowest BCUT2D eigenvalue weighted by Crippen LogP contribution is -2.29. The molecule has 1 aliphatic rings. The van der Waals surface area contributed by atoms with Gasteiger partial charge in [-0.05, 0) is 19.3 Å². The standard InChI is InChI=1S/C10H18N4/c1-14-10-4-2-3-9(12-6-5-11)8(10)7-13-14/h7,9,12H,2-6,11H2,1H3. The molecule has 0 amide bonds. The van der Waals surface area contributed by atoms with E-state index in [-0.39, 0.29) is 0 Å². The van der Waals surface area contributed by atoms with Gasteiger partial charge in [0.05, 0.1) is 6.20 Å². The SMILES string of the molecule is Cn1ncc2c1CCCC2NCCN. The minimum Gasteiger partial charge on any atom is -0.329 e. The molecule has 0 saturated carbocycles. The van der Waals surface area contributed by atoms with E-state index in [1.807, 2.05) is 17.9 Å². The Kier molecular flexibility index (Phi) is 2.84. The highest BCUT2D eigenvalue weighted by molar-refractivity contribution is 5.24. The summed E-state index contributed by atoms with van der Waals surface area (Å²) in [6.07, 6.45) is 5.60. The van der Waals surface area contributed by atoms with Gasteiger partial charge in [0.15, 0.2) is 0 Å². The van der Waals surface area contributed by atoms with Crippen molar-refractivity contribution >= 4 is 0 Å². The molecule has 1 atom stereocenters. The topological polar surface area (TPSA) is 55.9 Å². The lowest BCUT2D eigenvalue weighted by molar-refractivity contribution is 0.458. The molecule has 0 bridgehead atoms. The van der Waals surface area contributed by atoms with Crippen LogP contribution in [0.4, 0.5) is 0 Å². The second-order valence-electron chi connectivity index (χ2n) is 3.86. The molecule has 0 fully saturated rings. The predicted molar refractivity (Wildman–Crippen MR) is 55.9 cm³/mol. The Balaban J connectivity index is 2.14. The van der Waals surface area contributed by atoms with Crippen LogP contribution in [0.3, 0.4) is 0 Å². The van der Waals surface area contributed by atoms with E-state index in [1.54, 1.807) is 0 Å². The van der Waals surface area contributed by atoms with Crippen LogP contribution in [0, 0.1) is 0 Å². The van der Waals surface area contributed by atoms with E-state index in [4.69, 9.17) is 5.73 Å². The average Bonchev–Trinajstić information content (AvgIpc) is 2.58. The Bertz CT molecular complexity index is 305. The lowest BCUT2D eigenvalue weighted by atomic mass is 9.93. The second kappa shape index (κ2) is 4.11. The van der Waals surface area contributed by atoms with Crippen molar-refractivity contribution in [3.8, 4) is 0 Å². The van der Waals surface area contributed by atoms with Gasteiger partial charge in [-0.15, -0.1) is 0 Å². The fourth-order valence-electron chi connectivity index (χ4n) is 2.18. The third-order valence-electron chi connectivity index (χ3n) is 2.91. The maximum absolute atomic E-state index is 5.49. The number of hydrogen-bond donors (Lipinski definition) is 2. The largest absolute Gasteiger partial charge is 0.329 e. The van der Waals surface area contributed by atoms with Crippen LogP contribution in [-0.2, 0) is 13.5 Å². The van der Waals surface area contributed by atoms with Crippen molar-refractivity contribution in [2.24, 2.45) is 12.8 Å². The van der Waals surface area contributed by atoms with Gasteiger partial charge in [0.2, 0.25) is 0 Å². The molecule has 3 N–H and O–H groups in total. The predicted octanol–water partition coefficient (Wildman–Crippen LogP) is 0.346. The van der Waals surface area contributed by atoms with Crippen LogP contribution in [0.25, 0.3) is 0 Å². The van der Waals surface area contributed by atoms with Crippen molar-refractivity contribution in [1.29, 1.82) is 0 Å². The summed E-state index contributed by atoms with van der Waals surface area (Å²) in [5.41, 5.74) is 8.24. The van der Waals surface area contributed by atoms with E-state index < -0.39 is 0 Å². The highest BCUT2D eigenvalue weighted by Crippen LogP contribution is 2.28. The smallest absolute Gasteiger partial charge is 0.0540 e. The molecule has 2 rings (SSSR count). The molecule has 0 radical (unpaired) electrons. The van der Waals surface area contributed by atoms with E-state index in [9.17, 15) is 0 Å². The Hall–Kier alpha value is -0.870. The van der Waals surface area contributed by atoms with Crippen LogP contribution in [-0.4, -0.2) is 22.9 Å². The van der Waals surface area contributed by atoms with Crippen LogP contribution >= 0.6 is 0 Å². The Morgan fingerprint density at radius 2 is 2.57 bits per heavy atom. The van der Waals surface area contributed by atoms with Gasteiger partial charge in [-0.1, -0.05) is 0 Å². The van der Waals surface area contributed by atoms with Crippen molar-refractivity contribution in [2.45, 2.75) is 25.3 Å². The van der Waals surface area contributed by atoms with Crippen molar-refractivity contribution < 1.29 is 0 Å². The highest BCUT2D eigenvalue weighted by atomic mass is 15.3. The summed E-state index contributed by atoms with van der Waals surface area (Å²) in [4.78, 5) is 0.